The molecular weight excluding hydrogens is 388 g/mol. The third-order valence-electron chi connectivity index (χ3n) is 5.57. The van der Waals surface area contributed by atoms with Gasteiger partial charge in [-0.05, 0) is 43.2 Å². The molecule has 0 aliphatic carbocycles. The topological polar surface area (TPSA) is 56.8 Å². The molecule has 29 heavy (non-hydrogen) atoms. The maximum Gasteiger partial charge on any atom is 0.241 e. The molecule has 2 atom stereocenters. The average molecular weight is 415 g/mol. The Morgan fingerprint density at radius 1 is 1.07 bits per heavy atom. The van der Waals surface area contributed by atoms with Crippen LogP contribution < -0.4 is 20.5 Å². The van der Waals surface area contributed by atoms with Crippen LogP contribution in [0.4, 0.5) is 5.69 Å². The molecule has 2 aromatic carbocycles. The van der Waals surface area contributed by atoms with E-state index < -0.39 is 0 Å². The summed E-state index contributed by atoms with van der Waals surface area (Å²) < 4.78 is 5.76. The Morgan fingerprint density at radius 2 is 1.79 bits per heavy atom. The molecule has 2 aliphatic heterocycles. The van der Waals surface area contributed by atoms with Crippen LogP contribution >= 0.6 is 11.6 Å². The maximum absolute atomic E-state index is 13.0. The smallest absolute Gasteiger partial charge is 0.241 e. The van der Waals surface area contributed by atoms with E-state index in [2.05, 4.69) is 21.8 Å². The molecule has 0 bridgehead atoms. The molecule has 0 saturated carbocycles. The summed E-state index contributed by atoms with van der Waals surface area (Å²) in [6, 6.07) is 15.8. The summed E-state index contributed by atoms with van der Waals surface area (Å²) in [7, 11) is 0. The molecule has 6 nitrogen and oxygen atoms in total. The van der Waals surface area contributed by atoms with Gasteiger partial charge in [0.25, 0.3) is 0 Å². The number of carbonyl (C=O) groups excluding carboxylic acids is 1. The summed E-state index contributed by atoms with van der Waals surface area (Å²) in [6.45, 7) is 5.66. The van der Waals surface area contributed by atoms with Crippen molar-refractivity contribution in [3.05, 3.63) is 59.1 Å². The number of rotatable bonds is 5. The standard InChI is InChI=1S/C22H27ClN4O2/c1-2-29-21-6-4-3-5-20(21)26-11-13-27(14-12-26)22(28)19-15-18(24-25-19)16-7-9-17(23)10-8-16/h3-10,18-19,24-25H,2,11-15H2,1H3. The van der Waals surface area contributed by atoms with Crippen LogP contribution in [-0.4, -0.2) is 49.6 Å². The Hall–Kier alpha value is -2.28. The molecule has 2 N–H and O–H groups in total. The molecular formula is C22H27ClN4O2. The average Bonchev–Trinajstić information content (AvgIpc) is 3.25. The Labute approximate surface area is 176 Å². The number of anilines is 1. The lowest BCUT2D eigenvalue weighted by Crippen LogP contribution is -2.53. The van der Waals surface area contributed by atoms with Gasteiger partial charge in [0.05, 0.1) is 12.3 Å². The number of benzene rings is 2. The predicted molar refractivity (Wildman–Crippen MR) is 115 cm³/mol. The SMILES string of the molecule is CCOc1ccccc1N1CCN(C(=O)C2CC(c3ccc(Cl)cc3)NN2)CC1. The van der Waals surface area contributed by atoms with Crippen molar-refractivity contribution in [1.82, 2.24) is 15.8 Å². The van der Waals surface area contributed by atoms with Gasteiger partial charge in [-0.1, -0.05) is 35.9 Å². The van der Waals surface area contributed by atoms with Gasteiger partial charge >= 0.3 is 0 Å². The minimum atomic E-state index is -0.210. The summed E-state index contributed by atoms with van der Waals surface area (Å²) in [5.74, 6) is 1.06. The summed E-state index contributed by atoms with van der Waals surface area (Å²) in [5, 5.41) is 0.719. The highest BCUT2D eigenvalue weighted by molar-refractivity contribution is 6.30. The molecule has 7 heteroatoms. The van der Waals surface area contributed by atoms with Crippen LogP contribution in [0.15, 0.2) is 48.5 Å². The third kappa shape index (κ3) is 4.50. The zero-order valence-electron chi connectivity index (χ0n) is 16.6. The van der Waals surface area contributed by atoms with E-state index in [0.717, 1.165) is 41.5 Å². The Bertz CT molecular complexity index is 837. The lowest BCUT2D eigenvalue weighted by Gasteiger charge is -2.37. The minimum Gasteiger partial charge on any atom is -0.492 e. The number of halogens is 1. The molecule has 2 unspecified atom stereocenters. The highest BCUT2D eigenvalue weighted by atomic mass is 35.5. The van der Waals surface area contributed by atoms with Gasteiger partial charge in [-0.3, -0.25) is 4.79 Å². The summed E-state index contributed by atoms with van der Waals surface area (Å²) >= 11 is 5.97. The van der Waals surface area contributed by atoms with E-state index in [1.807, 2.05) is 54.3 Å². The lowest BCUT2D eigenvalue weighted by molar-refractivity contribution is -0.133. The van der Waals surface area contributed by atoms with Crippen molar-refractivity contribution in [2.24, 2.45) is 0 Å². The van der Waals surface area contributed by atoms with E-state index in [9.17, 15) is 4.79 Å². The molecule has 0 radical (unpaired) electrons. The third-order valence-corrected chi connectivity index (χ3v) is 5.82. The largest absolute Gasteiger partial charge is 0.492 e. The van der Waals surface area contributed by atoms with E-state index >= 15 is 0 Å². The Balaban J connectivity index is 1.33. The lowest BCUT2D eigenvalue weighted by atomic mass is 10.0. The van der Waals surface area contributed by atoms with Gasteiger partial charge in [0.15, 0.2) is 0 Å². The quantitative estimate of drug-likeness (QED) is 0.787. The zero-order chi connectivity index (χ0) is 20.2. The van der Waals surface area contributed by atoms with Gasteiger partial charge < -0.3 is 14.5 Å². The zero-order valence-corrected chi connectivity index (χ0v) is 17.4. The van der Waals surface area contributed by atoms with Gasteiger partial charge in [-0.15, -0.1) is 0 Å². The summed E-state index contributed by atoms with van der Waals surface area (Å²) in [6.07, 6.45) is 0.730. The van der Waals surface area contributed by atoms with E-state index in [4.69, 9.17) is 16.3 Å². The number of piperazine rings is 1. The van der Waals surface area contributed by atoms with Gasteiger partial charge in [-0.25, -0.2) is 10.9 Å². The van der Waals surface area contributed by atoms with Crippen LogP contribution in [0, 0.1) is 0 Å². The first-order valence-corrected chi connectivity index (χ1v) is 10.6. The summed E-state index contributed by atoms with van der Waals surface area (Å²) in [4.78, 5) is 17.3. The van der Waals surface area contributed by atoms with Gasteiger partial charge in [0, 0.05) is 37.2 Å². The first kappa shape index (κ1) is 20.0. The summed E-state index contributed by atoms with van der Waals surface area (Å²) in [5.41, 5.74) is 8.66. The fourth-order valence-electron chi connectivity index (χ4n) is 4.02. The number of hydrogen-bond acceptors (Lipinski definition) is 5. The second-order valence-corrected chi connectivity index (χ2v) is 7.83. The molecule has 0 aromatic heterocycles. The van der Waals surface area contributed by atoms with Crippen LogP contribution in [0.1, 0.15) is 24.9 Å². The molecule has 0 spiro atoms. The van der Waals surface area contributed by atoms with Crippen LogP contribution in [0.2, 0.25) is 5.02 Å². The molecule has 1 amide bonds. The van der Waals surface area contributed by atoms with Crippen LogP contribution in [0.5, 0.6) is 5.75 Å². The van der Waals surface area contributed by atoms with Crippen molar-refractivity contribution in [3.8, 4) is 5.75 Å². The fraction of sp³-hybridized carbons (Fsp3) is 0.409. The number of hydrazine groups is 1. The number of amides is 1. The normalized spacial score (nSPS) is 22.0. The van der Waals surface area contributed by atoms with E-state index in [-0.39, 0.29) is 18.0 Å². The molecule has 2 aliphatic rings. The first-order chi connectivity index (χ1) is 14.2. The van der Waals surface area contributed by atoms with Crippen molar-refractivity contribution in [3.63, 3.8) is 0 Å². The highest BCUT2D eigenvalue weighted by Crippen LogP contribution is 2.29. The minimum absolute atomic E-state index is 0.112. The number of hydrogen-bond donors (Lipinski definition) is 2. The molecule has 4 rings (SSSR count). The number of nitrogens with one attached hydrogen (secondary N) is 2. The van der Waals surface area contributed by atoms with E-state index in [1.54, 1.807) is 0 Å². The van der Waals surface area contributed by atoms with Gasteiger partial charge in [0.1, 0.15) is 11.8 Å². The number of para-hydroxylation sites is 2. The monoisotopic (exact) mass is 414 g/mol. The van der Waals surface area contributed by atoms with Crippen molar-refractivity contribution >= 4 is 23.2 Å². The highest BCUT2D eigenvalue weighted by Gasteiger charge is 2.34. The van der Waals surface area contributed by atoms with Crippen LogP contribution in [-0.2, 0) is 4.79 Å². The molecule has 2 heterocycles. The maximum atomic E-state index is 13.0. The van der Waals surface area contributed by atoms with Crippen molar-refractivity contribution < 1.29 is 9.53 Å². The second-order valence-electron chi connectivity index (χ2n) is 7.39. The van der Waals surface area contributed by atoms with E-state index in [1.165, 1.54) is 0 Å². The first-order valence-electron chi connectivity index (χ1n) is 10.2. The number of ether oxygens (including phenoxy) is 1. The van der Waals surface area contributed by atoms with Gasteiger partial charge in [0.2, 0.25) is 5.91 Å². The van der Waals surface area contributed by atoms with Crippen LogP contribution in [0.3, 0.4) is 0 Å². The number of carbonyl (C=O) groups is 1. The predicted octanol–water partition coefficient (Wildman–Crippen LogP) is 3.00. The van der Waals surface area contributed by atoms with E-state index in [0.29, 0.717) is 19.7 Å². The fourth-order valence-corrected chi connectivity index (χ4v) is 4.14. The Kier molecular flexibility index (Phi) is 6.23. The second kappa shape index (κ2) is 9.03. The Morgan fingerprint density at radius 3 is 2.52 bits per heavy atom. The molecule has 2 aromatic rings. The molecule has 2 saturated heterocycles. The van der Waals surface area contributed by atoms with Crippen molar-refractivity contribution in [2.45, 2.75) is 25.4 Å². The van der Waals surface area contributed by atoms with Crippen molar-refractivity contribution in [2.75, 3.05) is 37.7 Å². The van der Waals surface area contributed by atoms with Crippen LogP contribution in [0.25, 0.3) is 0 Å². The van der Waals surface area contributed by atoms with Crippen molar-refractivity contribution in [1.29, 1.82) is 0 Å². The number of nitrogens with zero attached hydrogens (tertiary/aromatic N) is 2. The molecule has 154 valence electrons. The molecule has 2 fully saturated rings. The van der Waals surface area contributed by atoms with Gasteiger partial charge in [-0.2, -0.15) is 0 Å².